The number of hydrogen-bond donors (Lipinski definition) is 0. The topological polar surface area (TPSA) is 37.2 Å². The van der Waals surface area contributed by atoms with Gasteiger partial charge in [-0.3, -0.25) is 4.90 Å². The molecule has 0 bridgehead atoms. The first-order valence-corrected chi connectivity index (χ1v) is 9.03. The molecule has 2 aromatic heterocycles. The lowest BCUT2D eigenvalue weighted by Crippen LogP contribution is -2.33. The molecule has 0 aromatic carbocycles. The zero-order valence-electron chi connectivity index (χ0n) is 14.3. The number of pyridine rings is 1. The number of nitrogens with zero attached hydrogens (tertiary/aromatic N) is 5. The van der Waals surface area contributed by atoms with E-state index in [0.29, 0.717) is 12.1 Å². The molecule has 2 aliphatic heterocycles. The van der Waals surface area contributed by atoms with E-state index in [4.69, 9.17) is 4.98 Å². The van der Waals surface area contributed by atoms with E-state index in [-0.39, 0.29) is 0 Å². The van der Waals surface area contributed by atoms with E-state index in [1.165, 1.54) is 51.1 Å². The van der Waals surface area contributed by atoms with Crippen LogP contribution in [0.1, 0.15) is 50.5 Å². The van der Waals surface area contributed by atoms with Crippen molar-refractivity contribution >= 4 is 11.2 Å². The first-order chi connectivity index (χ1) is 11.3. The van der Waals surface area contributed by atoms with E-state index in [2.05, 4.69) is 39.4 Å². The van der Waals surface area contributed by atoms with Crippen molar-refractivity contribution in [1.29, 1.82) is 0 Å². The third kappa shape index (κ3) is 2.66. The quantitative estimate of drug-likeness (QED) is 0.873. The van der Waals surface area contributed by atoms with Crippen LogP contribution in [0.25, 0.3) is 11.2 Å². The fourth-order valence-corrected chi connectivity index (χ4v) is 4.29. The largest absolute Gasteiger partial charge is 0.308 e. The van der Waals surface area contributed by atoms with Crippen LogP contribution in [0, 0.1) is 0 Å². The highest BCUT2D eigenvalue weighted by Crippen LogP contribution is 2.36. The summed E-state index contributed by atoms with van der Waals surface area (Å²) in [5.41, 5.74) is 2.14. The van der Waals surface area contributed by atoms with Gasteiger partial charge in [-0.25, -0.2) is 9.97 Å². The Morgan fingerprint density at radius 3 is 2.78 bits per heavy atom. The minimum atomic E-state index is 0.467. The lowest BCUT2D eigenvalue weighted by molar-refractivity contribution is 0.207. The second-order valence-corrected chi connectivity index (χ2v) is 7.01. The summed E-state index contributed by atoms with van der Waals surface area (Å²) in [6, 6.07) is 5.13. The number of imidazole rings is 1. The first kappa shape index (κ1) is 15.1. The van der Waals surface area contributed by atoms with Crippen LogP contribution in [0.4, 0.5) is 0 Å². The molecule has 4 heterocycles. The van der Waals surface area contributed by atoms with E-state index in [9.17, 15) is 0 Å². The normalized spacial score (nSPS) is 24.7. The third-order valence-corrected chi connectivity index (χ3v) is 5.60. The second kappa shape index (κ2) is 6.21. The molecule has 0 N–H and O–H groups in total. The molecule has 0 radical (unpaired) electrons. The molecule has 1 atom stereocenters. The lowest BCUT2D eigenvalue weighted by atomic mass is 10.0. The Balaban J connectivity index is 1.78. The van der Waals surface area contributed by atoms with Crippen LogP contribution in [-0.2, 0) is 0 Å². The van der Waals surface area contributed by atoms with Crippen molar-refractivity contribution in [3.05, 3.63) is 24.2 Å². The maximum absolute atomic E-state index is 5.03. The number of likely N-dealkylation sites (tertiary alicyclic amines) is 2. The fraction of sp³-hybridized carbons (Fsp3) is 0.667. The molecule has 2 aromatic rings. The van der Waals surface area contributed by atoms with Crippen LogP contribution in [-0.4, -0.2) is 57.6 Å². The van der Waals surface area contributed by atoms with Crippen molar-refractivity contribution < 1.29 is 0 Å². The van der Waals surface area contributed by atoms with Crippen molar-refractivity contribution in [2.24, 2.45) is 0 Å². The molecule has 0 spiro atoms. The van der Waals surface area contributed by atoms with Gasteiger partial charge in [-0.1, -0.05) is 6.92 Å². The van der Waals surface area contributed by atoms with E-state index < -0.39 is 0 Å². The smallest absolute Gasteiger partial charge is 0.160 e. The molecule has 2 aliphatic rings. The fourth-order valence-electron chi connectivity index (χ4n) is 4.29. The van der Waals surface area contributed by atoms with Crippen LogP contribution in [0.3, 0.4) is 0 Å². The summed E-state index contributed by atoms with van der Waals surface area (Å²) in [5.74, 6) is 1.26. The molecule has 2 fully saturated rings. The highest BCUT2D eigenvalue weighted by Gasteiger charge is 2.32. The second-order valence-electron chi connectivity index (χ2n) is 7.01. The molecule has 124 valence electrons. The maximum atomic E-state index is 5.03. The van der Waals surface area contributed by atoms with E-state index >= 15 is 0 Å². The van der Waals surface area contributed by atoms with E-state index in [1.807, 2.05) is 12.3 Å². The molecule has 0 amide bonds. The monoisotopic (exact) mass is 313 g/mol. The average molecular weight is 313 g/mol. The molecule has 23 heavy (non-hydrogen) atoms. The van der Waals surface area contributed by atoms with Gasteiger partial charge in [0, 0.05) is 12.2 Å². The van der Waals surface area contributed by atoms with Crippen molar-refractivity contribution in [2.45, 2.75) is 44.7 Å². The molecular weight excluding hydrogens is 286 g/mol. The van der Waals surface area contributed by atoms with Gasteiger partial charge in [-0.2, -0.15) is 0 Å². The zero-order valence-corrected chi connectivity index (χ0v) is 14.3. The minimum Gasteiger partial charge on any atom is -0.308 e. The van der Waals surface area contributed by atoms with Crippen LogP contribution >= 0.6 is 0 Å². The number of rotatable bonds is 3. The highest BCUT2D eigenvalue weighted by molar-refractivity contribution is 5.71. The van der Waals surface area contributed by atoms with Gasteiger partial charge >= 0.3 is 0 Å². The van der Waals surface area contributed by atoms with Crippen molar-refractivity contribution in [3.8, 4) is 0 Å². The van der Waals surface area contributed by atoms with Gasteiger partial charge < -0.3 is 9.47 Å². The molecule has 4 rings (SSSR count). The third-order valence-electron chi connectivity index (χ3n) is 5.60. The molecule has 1 unspecified atom stereocenters. The molecule has 0 saturated carbocycles. The van der Waals surface area contributed by atoms with E-state index in [0.717, 1.165) is 17.7 Å². The van der Waals surface area contributed by atoms with Crippen molar-refractivity contribution in [1.82, 2.24) is 24.3 Å². The molecule has 2 saturated heterocycles. The zero-order chi connectivity index (χ0) is 15.8. The summed E-state index contributed by atoms with van der Waals surface area (Å²) in [7, 11) is 2.22. The standard InChI is InChI=1S/C18H27N5/c1-3-22-11-5-7-16(22)18-20-15-6-4-10-19-17(15)23(18)14-8-12-21(2)13-9-14/h4,6,10,14,16H,3,5,7-9,11-13H2,1-2H3. The SMILES string of the molecule is CCN1CCCC1c1nc2cccnc2n1C1CCN(C)CC1. The average Bonchev–Trinajstić information content (AvgIpc) is 3.19. The van der Waals surface area contributed by atoms with Crippen LogP contribution in [0.5, 0.6) is 0 Å². The number of hydrogen-bond acceptors (Lipinski definition) is 4. The Hall–Kier alpha value is -1.46. The molecule has 0 aliphatic carbocycles. The van der Waals surface area contributed by atoms with Gasteiger partial charge in [0.25, 0.3) is 0 Å². The van der Waals surface area contributed by atoms with Gasteiger partial charge in [0.2, 0.25) is 0 Å². The molecule has 5 nitrogen and oxygen atoms in total. The predicted octanol–water partition coefficient (Wildman–Crippen LogP) is 2.85. The highest BCUT2D eigenvalue weighted by atomic mass is 15.3. The molecule has 5 heteroatoms. The maximum Gasteiger partial charge on any atom is 0.160 e. The van der Waals surface area contributed by atoms with Gasteiger partial charge in [0.1, 0.15) is 11.3 Å². The number of fused-ring (bicyclic) bond motifs is 1. The van der Waals surface area contributed by atoms with Crippen LogP contribution in [0.15, 0.2) is 18.3 Å². The Bertz CT molecular complexity index is 671. The summed E-state index contributed by atoms with van der Waals surface area (Å²) in [6.45, 7) is 6.90. The number of aromatic nitrogens is 3. The van der Waals surface area contributed by atoms with Crippen LogP contribution < -0.4 is 0 Å². The Labute approximate surface area is 138 Å². The summed E-state index contributed by atoms with van der Waals surface area (Å²) < 4.78 is 2.49. The van der Waals surface area contributed by atoms with Crippen molar-refractivity contribution in [3.63, 3.8) is 0 Å². The van der Waals surface area contributed by atoms with Crippen molar-refractivity contribution in [2.75, 3.05) is 33.2 Å². The summed E-state index contributed by atoms with van der Waals surface area (Å²) in [4.78, 5) is 14.7. The Morgan fingerprint density at radius 1 is 1.17 bits per heavy atom. The molecular formula is C18H27N5. The minimum absolute atomic E-state index is 0.467. The summed E-state index contributed by atoms with van der Waals surface area (Å²) in [5, 5.41) is 0. The van der Waals surface area contributed by atoms with Gasteiger partial charge in [-0.05, 0) is 71.0 Å². The lowest BCUT2D eigenvalue weighted by Gasteiger charge is -2.32. The Kier molecular flexibility index (Phi) is 4.07. The van der Waals surface area contributed by atoms with E-state index in [1.54, 1.807) is 0 Å². The van der Waals surface area contributed by atoms with Gasteiger partial charge in [0.05, 0.1) is 6.04 Å². The predicted molar refractivity (Wildman–Crippen MR) is 92.5 cm³/mol. The van der Waals surface area contributed by atoms with Crippen LogP contribution in [0.2, 0.25) is 0 Å². The first-order valence-electron chi connectivity index (χ1n) is 9.03. The summed E-state index contributed by atoms with van der Waals surface area (Å²) >= 11 is 0. The summed E-state index contributed by atoms with van der Waals surface area (Å²) in [6.07, 6.45) is 6.81. The van der Waals surface area contributed by atoms with Gasteiger partial charge in [-0.15, -0.1) is 0 Å². The Morgan fingerprint density at radius 2 is 2.00 bits per heavy atom. The van der Waals surface area contributed by atoms with Gasteiger partial charge in [0.15, 0.2) is 5.65 Å². The number of piperidine rings is 1.